The molecule has 1 saturated heterocycles. The first-order valence-electron chi connectivity index (χ1n) is 6.55. The molecular formula is C12H23N3O2. The summed E-state index contributed by atoms with van der Waals surface area (Å²) in [4.78, 5) is 2.43. The van der Waals surface area contributed by atoms with Crippen LogP contribution >= 0.6 is 0 Å². The number of ether oxygens (including phenoxy) is 1. The lowest BCUT2D eigenvalue weighted by Crippen LogP contribution is -2.36. The molecule has 3 N–H and O–H groups in total. The lowest BCUT2D eigenvalue weighted by molar-refractivity contribution is 0.0301. The molecule has 17 heavy (non-hydrogen) atoms. The van der Waals surface area contributed by atoms with Crippen molar-refractivity contribution in [1.82, 2.24) is 4.90 Å². The SMILES string of the molecule is CC1CCC(CN(CCC(N)=NO)C2CC2)O1. The van der Waals surface area contributed by atoms with Gasteiger partial charge in [-0.3, -0.25) is 4.90 Å². The van der Waals surface area contributed by atoms with Crippen LogP contribution in [0.3, 0.4) is 0 Å². The third kappa shape index (κ3) is 3.85. The van der Waals surface area contributed by atoms with Gasteiger partial charge in [0.25, 0.3) is 0 Å². The van der Waals surface area contributed by atoms with E-state index in [0.717, 1.165) is 19.5 Å². The Morgan fingerprint density at radius 2 is 2.18 bits per heavy atom. The average Bonchev–Trinajstić information content (AvgIpc) is 3.08. The first-order chi connectivity index (χ1) is 8.19. The Morgan fingerprint density at radius 3 is 2.71 bits per heavy atom. The molecule has 1 aliphatic carbocycles. The Balaban J connectivity index is 1.76. The minimum Gasteiger partial charge on any atom is -0.409 e. The van der Waals surface area contributed by atoms with Gasteiger partial charge in [0.05, 0.1) is 12.2 Å². The van der Waals surface area contributed by atoms with Crippen LogP contribution in [-0.4, -0.2) is 47.3 Å². The van der Waals surface area contributed by atoms with Crippen molar-refractivity contribution < 1.29 is 9.94 Å². The highest BCUT2D eigenvalue weighted by atomic mass is 16.5. The monoisotopic (exact) mass is 241 g/mol. The van der Waals surface area contributed by atoms with E-state index in [-0.39, 0.29) is 0 Å². The summed E-state index contributed by atoms with van der Waals surface area (Å²) in [6, 6.07) is 0.695. The van der Waals surface area contributed by atoms with Gasteiger partial charge in [0, 0.05) is 25.6 Å². The predicted octanol–water partition coefficient (Wildman–Crippen LogP) is 1.15. The number of nitrogens with two attached hydrogens (primary N) is 1. The van der Waals surface area contributed by atoms with Crippen LogP contribution in [0.4, 0.5) is 0 Å². The maximum absolute atomic E-state index is 8.54. The van der Waals surface area contributed by atoms with Crippen molar-refractivity contribution in [2.45, 2.75) is 57.3 Å². The molecule has 2 atom stereocenters. The van der Waals surface area contributed by atoms with E-state index in [0.29, 0.717) is 30.5 Å². The third-order valence-electron chi connectivity index (χ3n) is 3.60. The van der Waals surface area contributed by atoms with E-state index in [9.17, 15) is 0 Å². The molecule has 0 bridgehead atoms. The lowest BCUT2D eigenvalue weighted by Gasteiger charge is -2.25. The summed E-state index contributed by atoms with van der Waals surface area (Å²) in [5, 5.41) is 11.6. The van der Waals surface area contributed by atoms with Gasteiger partial charge in [-0.25, -0.2) is 0 Å². The summed E-state index contributed by atoms with van der Waals surface area (Å²) in [6.07, 6.45) is 6.30. The first-order valence-corrected chi connectivity index (χ1v) is 6.55. The molecule has 2 aliphatic rings. The molecule has 5 nitrogen and oxygen atoms in total. The zero-order valence-electron chi connectivity index (χ0n) is 10.5. The van der Waals surface area contributed by atoms with Crippen LogP contribution in [0.15, 0.2) is 5.16 Å². The number of amidine groups is 1. The molecule has 0 spiro atoms. The van der Waals surface area contributed by atoms with Crippen molar-refractivity contribution in [3.05, 3.63) is 0 Å². The van der Waals surface area contributed by atoms with Gasteiger partial charge < -0.3 is 15.7 Å². The molecular weight excluding hydrogens is 218 g/mol. The Labute approximate surface area is 103 Å². The predicted molar refractivity (Wildman–Crippen MR) is 66.2 cm³/mol. The van der Waals surface area contributed by atoms with E-state index in [2.05, 4.69) is 17.0 Å². The Bertz CT molecular complexity index is 279. The zero-order chi connectivity index (χ0) is 12.3. The van der Waals surface area contributed by atoms with Gasteiger partial charge in [-0.15, -0.1) is 0 Å². The minimum atomic E-state index is 0.316. The maximum Gasteiger partial charge on any atom is 0.140 e. The van der Waals surface area contributed by atoms with Crippen LogP contribution in [0, 0.1) is 0 Å². The summed E-state index contributed by atoms with van der Waals surface area (Å²) < 4.78 is 5.85. The van der Waals surface area contributed by atoms with Crippen LogP contribution < -0.4 is 5.73 Å². The van der Waals surface area contributed by atoms with Crippen molar-refractivity contribution in [3.63, 3.8) is 0 Å². The number of oxime groups is 1. The fourth-order valence-electron chi connectivity index (χ4n) is 2.45. The van der Waals surface area contributed by atoms with Crippen molar-refractivity contribution >= 4 is 5.84 Å². The summed E-state index contributed by atoms with van der Waals surface area (Å²) in [6.45, 7) is 4.00. The number of rotatable bonds is 6. The molecule has 1 saturated carbocycles. The molecule has 98 valence electrons. The molecule has 2 rings (SSSR count). The van der Waals surface area contributed by atoms with Gasteiger partial charge in [0.2, 0.25) is 0 Å². The Kier molecular flexibility index (Phi) is 4.23. The van der Waals surface area contributed by atoms with Crippen molar-refractivity contribution in [2.75, 3.05) is 13.1 Å². The van der Waals surface area contributed by atoms with Gasteiger partial charge in [-0.05, 0) is 32.6 Å². The highest BCUT2D eigenvalue weighted by Gasteiger charge is 2.32. The smallest absolute Gasteiger partial charge is 0.140 e. The fourth-order valence-corrected chi connectivity index (χ4v) is 2.45. The van der Waals surface area contributed by atoms with Crippen LogP contribution in [0.2, 0.25) is 0 Å². The van der Waals surface area contributed by atoms with Crippen molar-refractivity contribution in [3.8, 4) is 0 Å². The second kappa shape index (κ2) is 5.69. The lowest BCUT2D eigenvalue weighted by atomic mass is 10.2. The van der Waals surface area contributed by atoms with Gasteiger partial charge >= 0.3 is 0 Å². The van der Waals surface area contributed by atoms with Gasteiger partial charge in [0.15, 0.2) is 0 Å². The minimum absolute atomic E-state index is 0.316. The summed E-state index contributed by atoms with van der Waals surface area (Å²) in [7, 11) is 0. The highest BCUT2D eigenvalue weighted by molar-refractivity contribution is 5.79. The molecule has 5 heteroatoms. The molecule has 1 aliphatic heterocycles. The third-order valence-corrected chi connectivity index (χ3v) is 3.60. The summed E-state index contributed by atoms with van der Waals surface area (Å²) in [5.41, 5.74) is 5.51. The fraction of sp³-hybridized carbons (Fsp3) is 0.917. The molecule has 0 aromatic heterocycles. The van der Waals surface area contributed by atoms with E-state index in [1.54, 1.807) is 0 Å². The van der Waals surface area contributed by atoms with E-state index in [1.165, 1.54) is 19.3 Å². The summed E-state index contributed by atoms with van der Waals surface area (Å²) >= 11 is 0. The van der Waals surface area contributed by atoms with E-state index >= 15 is 0 Å². The summed E-state index contributed by atoms with van der Waals surface area (Å²) in [5.74, 6) is 0.316. The number of hydrogen-bond donors (Lipinski definition) is 2. The van der Waals surface area contributed by atoms with E-state index in [4.69, 9.17) is 15.7 Å². The molecule has 0 aromatic rings. The largest absolute Gasteiger partial charge is 0.409 e. The zero-order valence-corrected chi connectivity index (χ0v) is 10.5. The second-order valence-corrected chi connectivity index (χ2v) is 5.21. The molecule has 1 heterocycles. The number of nitrogens with zero attached hydrogens (tertiary/aromatic N) is 2. The molecule has 0 amide bonds. The normalized spacial score (nSPS) is 30.1. The Hall–Kier alpha value is -0.810. The van der Waals surface area contributed by atoms with Crippen molar-refractivity contribution in [2.24, 2.45) is 10.9 Å². The standard InChI is InChI=1S/C12H23N3O2/c1-9-2-5-11(17-9)8-15(10-3-4-10)7-6-12(13)14-16/h9-11,16H,2-8H2,1H3,(H2,13,14). The molecule has 0 aromatic carbocycles. The van der Waals surface area contributed by atoms with Gasteiger partial charge in [0.1, 0.15) is 5.84 Å². The Morgan fingerprint density at radius 1 is 1.41 bits per heavy atom. The van der Waals surface area contributed by atoms with Crippen LogP contribution in [0.5, 0.6) is 0 Å². The maximum atomic E-state index is 8.54. The molecule has 2 fully saturated rings. The van der Waals surface area contributed by atoms with Crippen LogP contribution in [-0.2, 0) is 4.74 Å². The quantitative estimate of drug-likeness (QED) is 0.317. The second-order valence-electron chi connectivity index (χ2n) is 5.21. The highest BCUT2D eigenvalue weighted by Crippen LogP contribution is 2.29. The topological polar surface area (TPSA) is 71.1 Å². The van der Waals surface area contributed by atoms with E-state index in [1.807, 2.05) is 0 Å². The molecule has 0 radical (unpaired) electrons. The van der Waals surface area contributed by atoms with Crippen molar-refractivity contribution in [1.29, 1.82) is 0 Å². The van der Waals surface area contributed by atoms with Crippen LogP contribution in [0.25, 0.3) is 0 Å². The van der Waals surface area contributed by atoms with E-state index < -0.39 is 0 Å². The van der Waals surface area contributed by atoms with Gasteiger partial charge in [-0.1, -0.05) is 5.16 Å². The molecule has 2 unspecified atom stereocenters. The first kappa shape index (κ1) is 12.6. The van der Waals surface area contributed by atoms with Gasteiger partial charge in [-0.2, -0.15) is 0 Å². The number of hydrogen-bond acceptors (Lipinski definition) is 4. The van der Waals surface area contributed by atoms with Crippen LogP contribution in [0.1, 0.15) is 39.0 Å². The average molecular weight is 241 g/mol.